The predicted octanol–water partition coefficient (Wildman–Crippen LogP) is 2.37. The third-order valence-electron chi connectivity index (χ3n) is 3.67. The van der Waals surface area contributed by atoms with Crippen LogP contribution in [0.15, 0.2) is 6.20 Å². The second-order valence-corrected chi connectivity index (χ2v) is 7.75. The first-order chi connectivity index (χ1) is 8.75. The molecule has 0 unspecified atom stereocenters. The van der Waals surface area contributed by atoms with Gasteiger partial charge >= 0.3 is 0 Å². The smallest absolute Gasteiger partial charge is 0.0959 e. The maximum Gasteiger partial charge on any atom is 0.0959 e. The number of thiazole rings is 1. The Bertz CT molecular complexity index is 397. The summed E-state index contributed by atoms with van der Waals surface area (Å²) in [6, 6.07) is 0. The van der Waals surface area contributed by atoms with Gasteiger partial charge in [0, 0.05) is 30.1 Å². The fourth-order valence-corrected chi connectivity index (χ4v) is 4.58. The molecule has 1 aliphatic carbocycles. The van der Waals surface area contributed by atoms with Crippen LogP contribution in [0.4, 0.5) is 0 Å². The SMILES string of the molecule is OC1(CNCc2cnc(C3CC3)s2)CCSCC1. The Kier molecular flexibility index (Phi) is 3.94. The Labute approximate surface area is 116 Å². The fraction of sp³-hybridized carbons (Fsp3) is 0.769. The van der Waals surface area contributed by atoms with Crippen molar-refractivity contribution in [3.63, 3.8) is 0 Å². The van der Waals surface area contributed by atoms with E-state index >= 15 is 0 Å². The van der Waals surface area contributed by atoms with Crippen LogP contribution in [0.5, 0.6) is 0 Å². The van der Waals surface area contributed by atoms with Gasteiger partial charge in [-0.3, -0.25) is 0 Å². The Morgan fingerprint density at radius 2 is 2.17 bits per heavy atom. The van der Waals surface area contributed by atoms with E-state index in [-0.39, 0.29) is 0 Å². The molecular formula is C13H20N2OS2. The van der Waals surface area contributed by atoms with Crippen LogP contribution in [-0.2, 0) is 6.54 Å². The van der Waals surface area contributed by atoms with Gasteiger partial charge < -0.3 is 10.4 Å². The lowest BCUT2D eigenvalue weighted by atomic mass is 9.97. The monoisotopic (exact) mass is 284 g/mol. The average Bonchev–Trinajstić information content (AvgIpc) is 3.11. The van der Waals surface area contributed by atoms with Crippen molar-refractivity contribution in [1.82, 2.24) is 10.3 Å². The summed E-state index contributed by atoms with van der Waals surface area (Å²) in [5, 5.41) is 15.1. The summed E-state index contributed by atoms with van der Waals surface area (Å²) in [4.78, 5) is 5.77. The molecule has 2 aliphatic rings. The zero-order valence-electron chi connectivity index (χ0n) is 10.5. The molecule has 1 aromatic rings. The molecule has 0 atom stereocenters. The topological polar surface area (TPSA) is 45.1 Å². The van der Waals surface area contributed by atoms with Crippen molar-refractivity contribution < 1.29 is 5.11 Å². The third kappa shape index (κ3) is 3.26. The molecule has 5 heteroatoms. The van der Waals surface area contributed by atoms with Gasteiger partial charge in [-0.05, 0) is 37.2 Å². The van der Waals surface area contributed by atoms with Crippen molar-refractivity contribution in [1.29, 1.82) is 0 Å². The van der Waals surface area contributed by atoms with E-state index in [0.29, 0.717) is 6.54 Å². The van der Waals surface area contributed by atoms with E-state index in [4.69, 9.17) is 0 Å². The second-order valence-electron chi connectivity index (χ2n) is 5.38. The van der Waals surface area contributed by atoms with Crippen molar-refractivity contribution >= 4 is 23.1 Å². The Balaban J connectivity index is 1.45. The van der Waals surface area contributed by atoms with Crippen LogP contribution in [0, 0.1) is 0 Å². The molecule has 0 spiro atoms. The molecule has 1 aromatic heterocycles. The first-order valence-electron chi connectivity index (χ1n) is 6.71. The van der Waals surface area contributed by atoms with Gasteiger partial charge in [-0.25, -0.2) is 4.98 Å². The summed E-state index contributed by atoms with van der Waals surface area (Å²) >= 11 is 3.77. The highest BCUT2D eigenvalue weighted by Crippen LogP contribution is 2.41. The van der Waals surface area contributed by atoms with Crippen LogP contribution in [0.2, 0.25) is 0 Å². The van der Waals surface area contributed by atoms with E-state index < -0.39 is 5.60 Å². The minimum Gasteiger partial charge on any atom is -0.389 e. The van der Waals surface area contributed by atoms with Gasteiger partial charge in [0.05, 0.1) is 10.6 Å². The summed E-state index contributed by atoms with van der Waals surface area (Å²) in [6.45, 7) is 1.56. The van der Waals surface area contributed by atoms with E-state index in [0.717, 1.165) is 36.8 Å². The highest BCUT2D eigenvalue weighted by Gasteiger charge is 2.29. The van der Waals surface area contributed by atoms with Gasteiger partial charge in [-0.15, -0.1) is 11.3 Å². The Hall–Kier alpha value is -0.100. The maximum absolute atomic E-state index is 10.4. The number of hydrogen-bond acceptors (Lipinski definition) is 5. The molecule has 1 saturated heterocycles. The highest BCUT2D eigenvalue weighted by molar-refractivity contribution is 7.99. The van der Waals surface area contributed by atoms with E-state index in [2.05, 4.69) is 10.3 Å². The zero-order valence-corrected chi connectivity index (χ0v) is 12.2. The number of nitrogens with zero attached hydrogens (tertiary/aromatic N) is 1. The molecule has 1 aliphatic heterocycles. The van der Waals surface area contributed by atoms with Crippen LogP contribution in [-0.4, -0.2) is 33.7 Å². The number of thioether (sulfide) groups is 1. The van der Waals surface area contributed by atoms with Crippen LogP contribution in [0.25, 0.3) is 0 Å². The summed E-state index contributed by atoms with van der Waals surface area (Å²) in [5.74, 6) is 2.93. The van der Waals surface area contributed by atoms with E-state index in [1.54, 1.807) is 0 Å². The lowest BCUT2D eigenvalue weighted by Crippen LogP contribution is -2.43. The summed E-state index contributed by atoms with van der Waals surface area (Å²) in [6.07, 6.45) is 6.46. The summed E-state index contributed by atoms with van der Waals surface area (Å²) in [5.41, 5.74) is -0.477. The normalized spacial score (nSPS) is 23.2. The molecule has 0 bridgehead atoms. The van der Waals surface area contributed by atoms with E-state index in [1.165, 1.54) is 22.7 Å². The molecular weight excluding hydrogens is 264 g/mol. The standard InChI is InChI=1S/C13H20N2OS2/c16-13(3-5-17-6-4-13)9-14-7-11-8-15-12(18-11)10-1-2-10/h8,10,14,16H,1-7,9H2. The minimum atomic E-state index is -0.477. The quantitative estimate of drug-likeness (QED) is 0.871. The van der Waals surface area contributed by atoms with Gasteiger partial charge in [0.25, 0.3) is 0 Å². The van der Waals surface area contributed by atoms with Crippen molar-refractivity contribution in [3.05, 3.63) is 16.1 Å². The maximum atomic E-state index is 10.4. The van der Waals surface area contributed by atoms with Crippen molar-refractivity contribution in [2.75, 3.05) is 18.1 Å². The van der Waals surface area contributed by atoms with Gasteiger partial charge in [0.1, 0.15) is 0 Å². The molecule has 0 radical (unpaired) electrons. The Morgan fingerprint density at radius 3 is 2.89 bits per heavy atom. The van der Waals surface area contributed by atoms with Gasteiger partial charge in [0.2, 0.25) is 0 Å². The number of aromatic nitrogens is 1. The van der Waals surface area contributed by atoms with Gasteiger partial charge in [-0.2, -0.15) is 11.8 Å². The molecule has 1 saturated carbocycles. The van der Waals surface area contributed by atoms with Crippen molar-refractivity contribution in [3.8, 4) is 0 Å². The van der Waals surface area contributed by atoms with Crippen molar-refractivity contribution in [2.45, 2.75) is 43.7 Å². The zero-order chi connectivity index (χ0) is 12.4. The number of aliphatic hydroxyl groups is 1. The summed E-state index contributed by atoms with van der Waals surface area (Å²) in [7, 11) is 0. The fourth-order valence-electron chi connectivity index (χ4n) is 2.27. The lowest BCUT2D eigenvalue weighted by Gasteiger charge is -2.31. The van der Waals surface area contributed by atoms with Crippen LogP contribution in [0.3, 0.4) is 0 Å². The minimum absolute atomic E-state index is 0.477. The third-order valence-corrected chi connectivity index (χ3v) is 5.82. The highest BCUT2D eigenvalue weighted by atomic mass is 32.2. The number of nitrogens with one attached hydrogen (secondary N) is 1. The molecule has 0 amide bonds. The van der Waals surface area contributed by atoms with Crippen LogP contribution in [0.1, 0.15) is 41.5 Å². The molecule has 2 heterocycles. The molecule has 2 fully saturated rings. The molecule has 2 N–H and O–H groups in total. The van der Waals surface area contributed by atoms with Crippen LogP contribution < -0.4 is 5.32 Å². The van der Waals surface area contributed by atoms with Crippen LogP contribution >= 0.6 is 23.1 Å². The van der Waals surface area contributed by atoms with E-state index in [1.807, 2.05) is 29.3 Å². The predicted molar refractivity (Wildman–Crippen MR) is 77.3 cm³/mol. The second kappa shape index (κ2) is 5.49. The molecule has 0 aromatic carbocycles. The molecule has 18 heavy (non-hydrogen) atoms. The molecule has 3 rings (SSSR count). The largest absolute Gasteiger partial charge is 0.389 e. The first kappa shape index (κ1) is 12.9. The van der Waals surface area contributed by atoms with Crippen molar-refractivity contribution in [2.24, 2.45) is 0 Å². The van der Waals surface area contributed by atoms with E-state index in [9.17, 15) is 5.11 Å². The van der Waals surface area contributed by atoms with Gasteiger partial charge in [0.15, 0.2) is 0 Å². The lowest BCUT2D eigenvalue weighted by molar-refractivity contribution is 0.0321. The average molecular weight is 284 g/mol. The van der Waals surface area contributed by atoms with Gasteiger partial charge in [-0.1, -0.05) is 0 Å². The molecule has 3 nitrogen and oxygen atoms in total. The Morgan fingerprint density at radius 1 is 1.39 bits per heavy atom. The number of rotatable bonds is 5. The molecule has 100 valence electrons. The number of hydrogen-bond donors (Lipinski definition) is 2. The summed E-state index contributed by atoms with van der Waals surface area (Å²) < 4.78 is 0. The first-order valence-corrected chi connectivity index (χ1v) is 8.68.